The number of allylic oxidation sites excluding steroid dienone is 3. The van der Waals surface area contributed by atoms with Crippen molar-refractivity contribution < 1.29 is 15.0 Å². The Morgan fingerprint density at radius 1 is 1.57 bits per heavy atom. The minimum atomic E-state index is -2.00. The second-order valence-corrected chi connectivity index (χ2v) is 3.50. The molecule has 1 atom stereocenters. The largest absolute Gasteiger partial charge is 0.361 e. The van der Waals surface area contributed by atoms with E-state index in [1.807, 2.05) is 0 Å². The molecule has 1 rings (SSSR count). The predicted molar refractivity (Wildman–Crippen MR) is 51.5 cm³/mol. The molecular weight excluding hydrogens is 206 g/mol. The molecule has 5 nitrogen and oxygen atoms in total. The van der Waals surface area contributed by atoms with Crippen LogP contribution in [0.4, 0.5) is 0 Å². The van der Waals surface area contributed by atoms with E-state index in [2.05, 4.69) is 10.1 Å². The maximum atomic E-state index is 9.03. The van der Waals surface area contributed by atoms with Crippen LogP contribution in [0, 0.1) is 0 Å². The molecule has 1 aliphatic rings. The van der Waals surface area contributed by atoms with Gasteiger partial charge in [-0.25, -0.2) is 0 Å². The van der Waals surface area contributed by atoms with Gasteiger partial charge in [-0.05, 0) is 12.2 Å². The van der Waals surface area contributed by atoms with Crippen LogP contribution in [0.3, 0.4) is 0 Å². The zero-order valence-electron chi connectivity index (χ0n) is 7.48. The molecule has 76 valence electrons. The molecule has 0 aliphatic heterocycles. The fourth-order valence-corrected chi connectivity index (χ4v) is 1.26. The van der Waals surface area contributed by atoms with Gasteiger partial charge in [-0.2, -0.15) is 4.79 Å². The van der Waals surface area contributed by atoms with Gasteiger partial charge in [0.15, 0.2) is 5.38 Å². The number of aliphatic hydroxyl groups is 2. The summed E-state index contributed by atoms with van der Waals surface area (Å²) in [5.41, 5.74) is 9.23. The second kappa shape index (κ2) is 3.94. The Morgan fingerprint density at radius 2 is 2.21 bits per heavy atom. The van der Waals surface area contributed by atoms with Crippen LogP contribution in [0.2, 0.25) is 0 Å². The summed E-state index contributed by atoms with van der Waals surface area (Å²) in [6, 6.07) is 0. The molecule has 0 saturated carbocycles. The zero-order valence-corrected chi connectivity index (χ0v) is 8.23. The van der Waals surface area contributed by atoms with Crippen molar-refractivity contribution in [3.8, 4) is 0 Å². The molecule has 0 aromatic rings. The van der Waals surface area contributed by atoms with Crippen molar-refractivity contribution >= 4 is 17.3 Å². The topological polar surface area (TPSA) is 88.9 Å². The van der Waals surface area contributed by atoms with Gasteiger partial charge in [-0.1, -0.05) is 0 Å². The van der Waals surface area contributed by atoms with Gasteiger partial charge in [0.25, 0.3) is 0 Å². The van der Waals surface area contributed by atoms with Gasteiger partial charge in [-0.15, -0.1) is 11.6 Å². The third kappa shape index (κ3) is 2.97. The van der Waals surface area contributed by atoms with E-state index < -0.39 is 11.3 Å². The van der Waals surface area contributed by atoms with E-state index in [0.717, 1.165) is 0 Å². The SMILES string of the molecule is CC(O)(O)NC1=CC(Cl)C(=[N+]=[N-])C=C1. The van der Waals surface area contributed by atoms with Crippen LogP contribution in [0.15, 0.2) is 23.9 Å². The average Bonchev–Trinajstić information content (AvgIpc) is 2.01. The first-order chi connectivity index (χ1) is 6.42. The average molecular weight is 216 g/mol. The first-order valence-electron chi connectivity index (χ1n) is 3.91. The fraction of sp³-hybridized carbons (Fsp3) is 0.375. The van der Waals surface area contributed by atoms with Gasteiger partial charge >= 0.3 is 5.71 Å². The van der Waals surface area contributed by atoms with Gasteiger partial charge in [0.2, 0.25) is 5.91 Å². The Balaban J connectivity index is 2.78. The van der Waals surface area contributed by atoms with E-state index in [-0.39, 0.29) is 0 Å². The number of hydrogen-bond acceptors (Lipinski definition) is 3. The Hall–Kier alpha value is -1.13. The van der Waals surface area contributed by atoms with Crippen molar-refractivity contribution in [1.29, 1.82) is 0 Å². The summed E-state index contributed by atoms with van der Waals surface area (Å²) in [5.74, 6) is -2.00. The maximum absolute atomic E-state index is 9.03. The summed E-state index contributed by atoms with van der Waals surface area (Å²) in [7, 11) is 0. The lowest BCUT2D eigenvalue weighted by Gasteiger charge is -2.20. The molecule has 14 heavy (non-hydrogen) atoms. The summed E-state index contributed by atoms with van der Waals surface area (Å²) < 4.78 is 0. The van der Waals surface area contributed by atoms with Gasteiger partial charge < -0.3 is 21.1 Å². The van der Waals surface area contributed by atoms with Crippen molar-refractivity contribution in [3.05, 3.63) is 29.5 Å². The minimum absolute atomic E-state index is 0.301. The van der Waals surface area contributed by atoms with Gasteiger partial charge in [0, 0.05) is 18.7 Å². The number of rotatable bonds is 2. The van der Waals surface area contributed by atoms with E-state index in [1.165, 1.54) is 25.2 Å². The van der Waals surface area contributed by atoms with Crippen molar-refractivity contribution in [1.82, 2.24) is 5.32 Å². The zero-order chi connectivity index (χ0) is 10.8. The quantitative estimate of drug-likeness (QED) is 0.262. The third-order valence-corrected chi connectivity index (χ3v) is 1.89. The van der Waals surface area contributed by atoms with E-state index in [4.69, 9.17) is 27.3 Å². The monoisotopic (exact) mass is 215 g/mol. The minimum Gasteiger partial charge on any atom is -0.361 e. The van der Waals surface area contributed by atoms with Crippen LogP contribution in [-0.4, -0.2) is 32.0 Å². The molecule has 0 amide bonds. The lowest BCUT2D eigenvalue weighted by molar-refractivity contribution is -0.162. The Labute approximate surface area is 85.9 Å². The van der Waals surface area contributed by atoms with Crippen LogP contribution in [0.5, 0.6) is 0 Å². The molecule has 0 spiro atoms. The molecule has 3 N–H and O–H groups in total. The lowest BCUT2D eigenvalue weighted by Crippen LogP contribution is -2.41. The highest BCUT2D eigenvalue weighted by atomic mass is 35.5. The number of nitrogens with zero attached hydrogens (tertiary/aromatic N) is 2. The number of alkyl halides is 1. The standard InChI is InChI=1S/C8H10ClN3O2/c1-8(13,14)11-5-2-3-7(12-10)6(9)4-5/h2-4,6,11,13-14H,1H3. The number of nitrogens with one attached hydrogen (secondary N) is 1. The van der Waals surface area contributed by atoms with Crippen molar-refractivity contribution in [2.45, 2.75) is 18.2 Å². The third-order valence-electron chi connectivity index (χ3n) is 1.54. The van der Waals surface area contributed by atoms with E-state index in [1.54, 1.807) is 0 Å². The Bertz CT molecular complexity index is 337. The normalized spacial score (nSPS) is 21.6. The van der Waals surface area contributed by atoms with Gasteiger partial charge in [0.1, 0.15) is 0 Å². The van der Waals surface area contributed by atoms with Crippen LogP contribution in [0.1, 0.15) is 6.92 Å². The molecule has 6 heteroatoms. The highest BCUT2D eigenvalue weighted by Crippen LogP contribution is 2.12. The maximum Gasteiger partial charge on any atom is 0.313 e. The van der Waals surface area contributed by atoms with Crippen molar-refractivity contribution in [2.24, 2.45) is 0 Å². The van der Waals surface area contributed by atoms with Gasteiger partial charge in [-0.3, -0.25) is 0 Å². The Kier molecular flexibility index (Phi) is 3.08. The summed E-state index contributed by atoms with van der Waals surface area (Å²) in [4.78, 5) is 2.96. The predicted octanol–water partition coefficient (Wildman–Crippen LogP) is -0.0338. The van der Waals surface area contributed by atoms with Crippen LogP contribution in [0.25, 0.3) is 5.53 Å². The first kappa shape index (κ1) is 10.9. The molecule has 0 saturated heterocycles. The van der Waals surface area contributed by atoms with E-state index >= 15 is 0 Å². The molecule has 0 aromatic heterocycles. The molecular formula is C8H10ClN3O2. The molecule has 0 heterocycles. The first-order valence-corrected chi connectivity index (χ1v) is 4.35. The molecule has 0 fully saturated rings. The van der Waals surface area contributed by atoms with Gasteiger partial charge in [0.05, 0.1) is 0 Å². The van der Waals surface area contributed by atoms with Crippen LogP contribution < -0.4 is 5.32 Å². The number of hydrogen-bond donors (Lipinski definition) is 3. The molecule has 0 bridgehead atoms. The van der Waals surface area contributed by atoms with Crippen molar-refractivity contribution in [2.75, 3.05) is 0 Å². The molecule has 1 unspecified atom stereocenters. The van der Waals surface area contributed by atoms with Crippen molar-refractivity contribution in [3.63, 3.8) is 0 Å². The Morgan fingerprint density at radius 3 is 2.64 bits per heavy atom. The van der Waals surface area contributed by atoms with E-state index in [0.29, 0.717) is 11.4 Å². The van der Waals surface area contributed by atoms with Crippen LogP contribution >= 0.6 is 11.6 Å². The molecule has 1 aliphatic carbocycles. The summed E-state index contributed by atoms with van der Waals surface area (Å²) >= 11 is 5.78. The summed E-state index contributed by atoms with van der Waals surface area (Å²) in [6.07, 6.45) is 4.51. The van der Waals surface area contributed by atoms with Crippen LogP contribution in [-0.2, 0) is 0 Å². The highest BCUT2D eigenvalue weighted by molar-refractivity contribution is 6.34. The molecule has 0 radical (unpaired) electrons. The molecule has 0 aromatic carbocycles. The summed E-state index contributed by atoms with van der Waals surface area (Å²) in [6.45, 7) is 1.18. The number of halogens is 1. The second-order valence-electron chi connectivity index (χ2n) is 3.03. The van der Waals surface area contributed by atoms with E-state index in [9.17, 15) is 0 Å². The lowest BCUT2D eigenvalue weighted by atomic mass is 10.1. The summed E-state index contributed by atoms with van der Waals surface area (Å²) in [5, 5.41) is 19.9. The smallest absolute Gasteiger partial charge is 0.313 e. The highest BCUT2D eigenvalue weighted by Gasteiger charge is 2.23. The fourth-order valence-electron chi connectivity index (χ4n) is 1.01.